The van der Waals surface area contributed by atoms with Crippen LogP contribution in [-0.4, -0.2) is 57.9 Å². The number of alkyl carbamates (subject to hydrolysis) is 1. The van der Waals surface area contributed by atoms with Gasteiger partial charge >= 0.3 is 6.09 Å². The Kier molecular flexibility index (Phi) is 5.23. The first kappa shape index (κ1) is 20.4. The Labute approximate surface area is 179 Å². The molecule has 2 aliphatic heterocycles. The lowest BCUT2D eigenvalue weighted by Crippen LogP contribution is -2.60. The summed E-state index contributed by atoms with van der Waals surface area (Å²) in [5, 5.41) is 3.14. The monoisotopic (exact) mass is 465 g/mol. The van der Waals surface area contributed by atoms with Gasteiger partial charge in [0.2, 0.25) is 5.95 Å². The number of ether oxygens (including phenoxy) is 2. The van der Waals surface area contributed by atoms with Gasteiger partial charge in [0.1, 0.15) is 5.60 Å². The number of nitrogens with one attached hydrogen (secondary N) is 1. The molecule has 4 rings (SSSR count). The van der Waals surface area contributed by atoms with Crippen LogP contribution in [0.4, 0.5) is 10.7 Å². The summed E-state index contributed by atoms with van der Waals surface area (Å²) in [5.74, 6) is 0.818. The first-order valence-corrected chi connectivity index (χ1v) is 10.8. The third kappa shape index (κ3) is 4.07. The second-order valence-electron chi connectivity index (χ2n) is 9.11. The normalized spacial score (nSPS) is 27.6. The second-order valence-corrected chi connectivity index (χ2v) is 9.96. The highest BCUT2D eigenvalue weighted by Crippen LogP contribution is 2.43. The van der Waals surface area contributed by atoms with Crippen LogP contribution in [0.3, 0.4) is 0 Å². The van der Waals surface area contributed by atoms with Crippen molar-refractivity contribution in [3.63, 3.8) is 0 Å². The number of hydrogen-bond donors (Lipinski definition) is 1. The molecule has 9 heteroatoms. The standard InChI is InChI=1S/C20H28BrN5O3/c1-13-9-20(12-28-13)5-7-25(11-15(20)24-18(27)29-19(2,3)4)17-23-10-14(21)16-22-6-8-26(16)17/h6,8,10,13,15H,5,7,9,11-12H2,1-4H3,(H,24,27)/t13-,15?,20?/m0/s1. The zero-order valence-electron chi connectivity index (χ0n) is 17.3. The van der Waals surface area contributed by atoms with Crippen LogP contribution in [0.1, 0.15) is 40.5 Å². The molecule has 1 spiro atoms. The van der Waals surface area contributed by atoms with Gasteiger partial charge in [-0.2, -0.15) is 0 Å². The van der Waals surface area contributed by atoms with E-state index in [1.807, 2.05) is 31.4 Å². The lowest BCUT2D eigenvalue weighted by Gasteiger charge is -2.45. The summed E-state index contributed by atoms with van der Waals surface area (Å²) in [7, 11) is 0. The molecule has 2 saturated heterocycles. The zero-order valence-corrected chi connectivity index (χ0v) is 18.9. The number of nitrogens with zero attached hydrogens (tertiary/aromatic N) is 4. The molecule has 2 fully saturated rings. The summed E-state index contributed by atoms with van der Waals surface area (Å²) in [4.78, 5) is 23.8. The molecule has 2 aliphatic rings. The molecule has 2 unspecified atom stereocenters. The van der Waals surface area contributed by atoms with E-state index in [9.17, 15) is 4.79 Å². The smallest absolute Gasteiger partial charge is 0.407 e. The first-order chi connectivity index (χ1) is 13.7. The van der Waals surface area contributed by atoms with Gasteiger partial charge in [-0.25, -0.2) is 14.8 Å². The van der Waals surface area contributed by atoms with E-state index in [1.165, 1.54) is 0 Å². The Morgan fingerprint density at radius 3 is 2.90 bits per heavy atom. The Bertz CT molecular complexity index is 911. The van der Waals surface area contributed by atoms with Gasteiger partial charge in [-0.1, -0.05) is 0 Å². The number of rotatable bonds is 2. The minimum atomic E-state index is -0.540. The van der Waals surface area contributed by atoms with E-state index in [0.29, 0.717) is 13.2 Å². The number of aromatic nitrogens is 3. The van der Waals surface area contributed by atoms with Crippen LogP contribution in [-0.2, 0) is 9.47 Å². The van der Waals surface area contributed by atoms with E-state index < -0.39 is 5.60 Å². The van der Waals surface area contributed by atoms with Gasteiger partial charge in [0, 0.05) is 37.1 Å². The molecule has 0 radical (unpaired) electrons. The van der Waals surface area contributed by atoms with Gasteiger partial charge in [0.05, 0.1) is 23.2 Å². The molecule has 1 amide bonds. The zero-order chi connectivity index (χ0) is 20.8. The lowest BCUT2D eigenvalue weighted by molar-refractivity contribution is 0.0385. The van der Waals surface area contributed by atoms with Crippen LogP contribution in [0.2, 0.25) is 0 Å². The number of fused-ring (bicyclic) bond motifs is 1. The van der Waals surface area contributed by atoms with Crippen LogP contribution in [0.5, 0.6) is 0 Å². The molecule has 3 atom stereocenters. The number of carbonyl (C=O) groups excluding carboxylic acids is 1. The first-order valence-electron chi connectivity index (χ1n) is 10.0. The highest BCUT2D eigenvalue weighted by Gasteiger charge is 2.49. The maximum Gasteiger partial charge on any atom is 0.407 e. The molecular weight excluding hydrogens is 438 g/mol. The van der Waals surface area contributed by atoms with Crippen molar-refractivity contribution >= 4 is 33.6 Å². The quantitative estimate of drug-likeness (QED) is 0.731. The van der Waals surface area contributed by atoms with Crippen molar-refractivity contribution < 1.29 is 14.3 Å². The summed E-state index contributed by atoms with van der Waals surface area (Å²) in [6.07, 6.45) is 7.08. The molecule has 2 aromatic heterocycles. The molecule has 0 bridgehead atoms. The van der Waals surface area contributed by atoms with E-state index in [1.54, 1.807) is 12.4 Å². The molecule has 0 aliphatic carbocycles. The van der Waals surface area contributed by atoms with Crippen LogP contribution < -0.4 is 10.2 Å². The summed E-state index contributed by atoms with van der Waals surface area (Å²) >= 11 is 3.51. The van der Waals surface area contributed by atoms with Gasteiger partial charge in [-0.15, -0.1) is 0 Å². The van der Waals surface area contributed by atoms with Crippen molar-refractivity contribution in [3.8, 4) is 0 Å². The largest absolute Gasteiger partial charge is 0.444 e. The summed E-state index contributed by atoms with van der Waals surface area (Å²) in [6.45, 7) is 9.84. The lowest BCUT2D eigenvalue weighted by atomic mass is 9.73. The number of halogens is 1. The molecule has 29 heavy (non-hydrogen) atoms. The molecule has 0 aromatic carbocycles. The van der Waals surface area contributed by atoms with E-state index in [4.69, 9.17) is 9.47 Å². The Morgan fingerprint density at radius 1 is 1.41 bits per heavy atom. The number of imidazole rings is 1. The Morgan fingerprint density at radius 2 is 2.21 bits per heavy atom. The predicted octanol–water partition coefficient (Wildman–Crippen LogP) is 3.39. The number of piperidine rings is 1. The van der Waals surface area contributed by atoms with Crippen LogP contribution in [0, 0.1) is 5.41 Å². The number of hydrogen-bond acceptors (Lipinski definition) is 6. The Hall–Kier alpha value is -1.87. The highest BCUT2D eigenvalue weighted by molar-refractivity contribution is 9.10. The van der Waals surface area contributed by atoms with E-state index in [-0.39, 0.29) is 23.7 Å². The summed E-state index contributed by atoms with van der Waals surface area (Å²) in [6, 6.07) is -0.0972. The fourth-order valence-electron chi connectivity index (χ4n) is 4.39. The minimum Gasteiger partial charge on any atom is -0.444 e. The fourth-order valence-corrected chi connectivity index (χ4v) is 4.79. The van der Waals surface area contributed by atoms with E-state index in [2.05, 4.69) is 43.0 Å². The van der Waals surface area contributed by atoms with Crippen molar-refractivity contribution in [3.05, 3.63) is 23.1 Å². The van der Waals surface area contributed by atoms with E-state index >= 15 is 0 Å². The third-order valence-electron chi connectivity index (χ3n) is 5.71. The molecule has 2 aromatic rings. The van der Waals surface area contributed by atoms with Crippen molar-refractivity contribution in [2.24, 2.45) is 5.41 Å². The van der Waals surface area contributed by atoms with Gasteiger partial charge in [-0.3, -0.25) is 4.40 Å². The SMILES string of the molecule is C[C@H]1CC2(CCN(c3ncc(Br)c4nccn34)CC2NC(=O)OC(C)(C)C)CO1. The van der Waals surface area contributed by atoms with Gasteiger partial charge in [-0.05, 0) is 56.5 Å². The molecule has 1 N–H and O–H groups in total. The number of anilines is 1. The predicted molar refractivity (Wildman–Crippen MR) is 113 cm³/mol. The molecule has 0 saturated carbocycles. The van der Waals surface area contributed by atoms with Gasteiger partial charge in [0.15, 0.2) is 5.65 Å². The van der Waals surface area contributed by atoms with Crippen LogP contribution >= 0.6 is 15.9 Å². The molecule has 8 nitrogen and oxygen atoms in total. The number of amides is 1. The number of carbonyl (C=O) groups is 1. The van der Waals surface area contributed by atoms with Crippen LogP contribution in [0.15, 0.2) is 23.1 Å². The maximum atomic E-state index is 12.6. The Balaban J connectivity index is 1.60. The van der Waals surface area contributed by atoms with Crippen LogP contribution in [0.25, 0.3) is 5.65 Å². The van der Waals surface area contributed by atoms with Crippen molar-refractivity contribution in [1.82, 2.24) is 19.7 Å². The van der Waals surface area contributed by atoms with Crippen molar-refractivity contribution in [2.75, 3.05) is 24.6 Å². The third-order valence-corrected chi connectivity index (χ3v) is 6.27. The van der Waals surface area contributed by atoms with Crippen molar-refractivity contribution in [2.45, 2.75) is 58.3 Å². The maximum absolute atomic E-state index is 12.6. The second kappa shape index (κ2) is 7.43. The average Bonchev–Trinajstić information content (AvgIpc) is 3.24. The fraction of sp³-hybridized carbons (Fsp3) is 0.650. The van der Waals surface area contributed by atoms with Gasteiger partial charge in [0.25, 0.3) is 0 Å². The average molecular weight is 466 g/mol. The van der Waals surface area contributed by atoms with E-state index in [0.717, 1.165) is 35.5 Å². The van der Waals surface area contributed by atoms with Gasteiger partial charge < -0.3 is 19.7 Å². The minimum absolute atomic E-state index is 0.0871. The highest BCUT2D eigenvalue weighted by atomic mass is 79.9. The van der Waals surface area contributed by atoms with Crippen molar-refractivity contribution in [1.29, 1.82) is 0 Å². The molecular formula is C20H28BrN5O3. The molecule has 158 valence electrons. The summed E-state index contributed by atoms with van der Waals surface area (Å²) < 4.78 is 14.3. The topological polar surface area (TPSA) is 81.0 Å². The summed E-state index contributed by atoms with van der Waals surface area (Å²) in [5.41, 5.74) is 0.196. The molecule has 4 heterocycles.